The Kier molecular flexibility index (Phi) is 11.5. The first-order valence-electron chi connectivity index (χ1n) is 7.11. The van der Waals surface area contributed by atoms with Crippen LogP contribution in [0.3, 0.4) is 0 Å². The monoisotopic (exact) mass is 243 g/mol. The number of hydrogen-bond donors (Lipinski definition) is 0. The molecule has 0 aromatic carbocycles. The Hall–Kier alpha value is -0.570. The van der Waals surface area contributed by atoms with E-state index in [1.54, 1.807) is 0 Å². The van der Waals surface area contributed by atoms with Gasteiger partial charge in [0.15, 0.2) is 0 Å². The Morgan fingerprint density at radius 3 is 2.18 bits per heavy atom. The average molecular weight is 243 g/mol. The lowest BCUT2D eigenvalue weighted by Gasteiger charge is -2.18. The molecule has 102 valence electrons. The van der Waals surface area contributed by atoms with E-state index in [0.29, 0.717) is 13.0 Å². The van der Waals surface area contributed by atoms with Crippen LogP contribution >= 0.6 is 0 Å². The summed E-state index contributed by atoms with van der Waals surface area (Å²) in [7, 11) is 0. The lowest BCUT2D eigenvalue weighted by molar-refractivity contribution is -0.131. The Balaban J connectivity index is 3.30. The average Bonchev–Trinajstić information content (AvgIpc) is 2.34. The molecule has 0 atom stereocenters. The second kappa shape index (κ2) is 11.9. The number of rotatable bonds is 11. The highest BCUT2D eigenvalue weighted by Gasteiger charge is 2.08. The lowest BCUT2D eigenvalue weighted by Crippen LogP contribution is -2.31. The maximum Gasteiger partial charge on any atom is 0.224 e. The molecule has 0 rings (SSSR count). The molecule has 0 aliphatic carbocycles. The van der Waals surface area contributed by atoms with Crippen LogP contribution in [-0.2, 0) is 9.53 Å². The molecule has 0 saturated carbocycles. The topological polar surface area (TPSA) is 29.5 Å². The zero-order chi connectivity index (χ0) is 12.9. The van der Waals surface area contributed by atoms with Gasteiger partial charge in [-0.2, -0.15) is 0 Å². The van der Waals surface area contributed by atoms with Crippen LogP contribution in [-0.4, -0.2) is 37.1 Å². The highest BCUT2D eigenvalue weighted by Crippen LogP contribution is 2.02. The summed E-state index contributed by atoms with van der Waals surface area (Å²) in [6.07, 6.45) is 6.80. The minimum absolute atomic E-state index is 0.209. The van der Waals surface area contributed by atoms with Crippen LogP contribution in [0.4, 0.5) is 0 Å². The molecule has 0 aromatic rings. The molecule has 0 saturated heterocycles. The number of carbonyl (C=O) groups is 1. The molecule has 0 N–H and O–H groups in total. The van der Waals surface area contributed by atoms with Gasteiger partial charge in [-0.05, 0) is 20.3 Å². The summed E-state index contributed by atoms with van der Waals surface area (Å²) in [6.45, 7) is 9.21. The van der Waals surface area contributed by atoms with Gasteiger partial charge < -0.3 is 9.64 Å². The van der Waals surface area contributed by atoms with E-state index in [1.165, 1.54) is 25.7 Å². The molecule has 3 heteroatoms. The molecule has 0 bridgehead atoms. The normalized spacial score (nSPS) is 10.5. The van der Waals surface area contributed by atoms with Crippen LogP contribution in [0.5, 0.6) is 0 Å². The van der Waals surface area contributed by atoms with Gasteiger partial charge in [-0.3, -0.25) is 4.79 Å². The minimum Gasteiger partial charge on any atom is -0.381 e. The Morgan fingerprint density at radius 2 is 1.59 bits per heavy atom. The molecule has 17 heavy (non-hydrogen) atoms. The molecule has 0 spiro atoms. The second-order valence-electron chi connectivity index (χ2n) is 4.34. The van der Waals surface area contributed by atoms with Gasteiger partial charge in [0.05, 0.1) is 13.0 Å². The standard InChI is InChI=1S/C14H29NO2/c1-4-7-8-9-10-12-17-13-11-14(16)15(5-2)6-3/h4-13H2,1-3H3. The zero-order valence-corrected chi connectivity index (χ0v) is 11.8. The third-order valence-corrected chi connectivity index (χ3v) is 2.97. The van der Waals surface area contributed by atoms with Crippen LogP contribution in [0.15, 0.2) is 0 Å². The van der Waals surface area contributed by atoms with Crippen LogP contribution in [0.1, 0.15) is 59.3 Å². The van der Waals surface area contributed by atoms with Gasteiger partial charge in [-0.15, -0.1) is 0 Å². The van der Waals surface area contributed by atoms with E-state index in [9.17, 15) is 4.79 Å². The first-order valence-corrected chi connectivity index (χ1v) is 7.11. The van der Waals surface area contributed by atoms with Gasteiger partial charge in [0, 0.05) is 19.7 Å². The summed E-state index contributed by atoms with van der Waals surface area (Å²) in [4.78, 5) is 13.5. The van der Waals surface area contributed by atoms with E-state index in [2.05, 4.69) is 6.92 Å². The Morgan fingerprint density at radius 1 is 0.941 bits per heavy atom. The molecular weight excluding hydrogens is 214 g/mol. The SMILES string of the molecule is CCCCCCCOCCC(=O)N(CC)CC. The molecular formula is C14H29NO2. The summed E-state index contributed by atoms with van der Waals surface area (Å²) in [5.74, 6) is 0.209. The van der Waals surface area contributed by atoms with Gasteiger partial charge in [0.2, 0.25) is 5.91 Å². The predicted molar refractivity (Wildman–Crippen MR) is 72.1 cm³/mol. The third kappa shape index (κ3) is 9.16. The Bertz CT molecular complexity index is 179. The van der Waals surface area contributed by atoms with Crippen LogP contribution in [0, 0.1) is 0 Å². The van der Waals surface area contributed by atoms with Crippen molar-refractivity contribution in [2.24, 2.45) is 0 Å². The van der Waals surface area contributed by atoms with Crippen molar-refractivity contribution in [1.82, 2.24) is 4.90 Å². The van der Waals surface area contributed by atoms with Gasteiger partial charge in [-0.1, -0.05) is 32.6 Å². The van der Waals surface area contributed by atoms with Crippen molar-refractivity contribution in [3.05, 3.63) is 0 Å². The minimum atomic E-state index is 0.209. The van der Waals surface area contributed by atoms with Crippen molar-refractivity contribution < 1.29 is 9.53 Å². The number of ether oxygens (including phenoxy) is 1. The van der Waals surface area contributed by atoms with Gasteiger partial charge in [0.25, 0.3) is 0 Å². The molecule has 0 heterocycles. The molecule has 0 aromatic heterocycles. The van der Waals surface area contributed by atoms with E-state index < -0.39 is 0 Å². The van der Waals surface area contributed by atoms with E-state index in [1.807, 2.05) is 18.7 Å². The lowest BCUT2D eigenvalue weighted by atomic mass is 10.2. The second-order valence-corrected chi connectivity index (χ2v) is 4.34. The molecule has 0 aliphatic heterocycles. The highest BCUT2D eigenvalue weighted by molar-refractivity contribution is 5.76. The van der Waals surface area contributed by atoms with Crippen molar-refractivity contribution in [2.75, 3.05) is 26.3 Å². The summed E-state index contributed by atoms with van der Waals surface area (Å²) >= 11 is 0. The first-order chi connectivity index (χ1) is 8.26. The maximum atomic E-state index is 11.6. The number of unbranched alkanes of at least 4 members (excludes halogenated alkanes) is 4. The van der Waals surface area contributed by atoms with Crippen molar-refractivity contribution >= 4 is 5.91 Å². The number of nitrogens with zero attached hydrogens (tertiary/aromatic N) is 1. The van der Waals surface area contributed by atoms with E-state index >= 15 is 0 Å². The van der Waals surface area contributed by atoms with E-state index in [4.69, 9.17) is 4.74 Å². The fraction of sp³-hybridized carbons (Fsp3) is 0.929. The van der Waals surface area contributed by atoms with Crippen molar-refractivity contribution in [3.8, 4) is 0 Å². The summed E-state index contributed by atoms with van der Waals surface area (Å²) in [5.41, 5.74) is 0. The summed E-state index contributed by atoms with van der Waals surface area (Å²) < 4.78 is 5.48. The number of carbonyl (C=O) groups excluding carboxylic acids is 1. The predicted octanol–water partition coefficient (Wildman–Crippen LogP) is 3.23. The quantitative estimate of drug-likeness (QED) is 0.521. The van der Waals surface area contributed by atoms with Gasteiger partial charge in [-0.25, -0.2) is 0 Å². The van der Waals surface area contributed by atoms with Crippen molar-refractivity contribution in [2.45, 2.75) is 59.3 Å². The smallest absolute Gasteiger partial charge is 0.224 e. The van der Waals surface area contributed by atoms with Crippen LogP contribution in [0.25, 0.3) is 0 Å². The Labute approximate surface area is 107 Å². The van der Waals surface area contributed by atoms with Crippen molar-refractivity contribution in [3.63, 3.8) is 0 Å². The van der Waals surface area contributed by atoms with Crippen LogP contribution < -0.4 is 0 Å². The maximum absolute atomic E-state index is 11.6. The summed E-state index contributed by atoms with van der Waals surface area (Å²) in [6, 6.07) is 0. The first kappa shape index (κ1) is 16.4. The third-order valence-electron chi connectivity index (χ3n) is 2.97. The van der Waals surface area contributed by atoms with Crippen LogP contribution in [0.2, 0.25) is 0 Å². The molecule has 0 unspecified atom stereocenters. The molecule has 1 amide bonds. The fourth-order valence-corrected chi connectivity index (χ4v) is 1.80. The highest BCUT2D eigenvalue weighted by atomic mass is 16.5. The number of hydrogen-bond acceptors (Lipinski definition) is 2. The molecule has 0 fully saturated rings. The van der Waals surface area contributed by atoms with Gasteiger partial charge >= 0.3 is 0 Å². The molecule has 3 nitrogen and oxygen atoms in total. The van der Waals surface area contributed by atoms with E-state index in [0.717, 1.165) is 26.1 Å². The molecule has 0 radical (unpaired) electrons. The molecule has 0 aliphatic rings. The van der Waals surface area contributed by atoms with Crippen molar-refractivity contribution in [1.29, 1.82) is 0 Å². The number of amides is 1. The zero-order valence-electron chi connectivity index (χ0n) is 11.8. The largest absolute Gasteiger partial charge is 0.381 e. The summed E-state index contributed by atoms with van der Waals surface area (Å²) in [5, 5.41) is 0. The van der Waals surface area contributed by atoms with Gasteiger partial charge in [0.1, 0.15) is 0 Å². The van der Waals surface area contributed by atoms with E-state index in [-0.39, 0.29) is 5.91 Å². The fourth-order valence-electron chi connectivity index (χ4n) is 1.80.